The van der Waals surface area contributed by atoms with Gasteiger partial charge in [-0.25, -0.2) is 4.98 Å². The Morgan fingerprint density at radius 1 is 1.53 bits per heavy atom. The lowest BCUT2D eigenvalue weighted by Crippen LogP contribution is -2.15. The van der Waals surface area contributed by atoms with Crippen LogP contribution in [0.4, 0.5) is 5.69 Å². The van der Waals surface area contributed by atoms with Crippen LogP contribution in [0.3, 0.4) is 0 Å². The van der Waals surface area contributed by atoms with Gasteiger partial charge in [-0.15, -0.1) is 0 Å². The van der Waals surface area contributed by atoms with Gasteiger partial charge in [-0.05, 0) is 6.07 Å². The largest absolute Gasteiger partial charge is 0.378 e. The molecular formula is C10H12N4O. The monoisotopic (exact) mass is 204 g/mol. The minimum Gasteiger partial charge on any atom is -0.378 e. The molecule has 2 aromatic heterocycles. The van der Waals surface area contributed by atoms with Crippen LogP contribution in [0.25, 0.3) is 0 Å². The number of nitrogens with one attached hydrogen (secondary N) is 2. The van der Waals surface area contributed by atoms with E-state index in [-0.39, 0.29) is 5.56 Å². The quantitative estimate of drug-likeness (QED) is 0.774. The van der Waals surface area contributed by atoms with Crippen molar-refractivity contribution in [3.63, 3.8) is 0 Å². The maximum Gasteiger partial charge on any atom is 0.250 e. The van der Waals surface area contributed by atoms with Crippen molar-refractivity contribution in [1.82, 2.24) is 14.5 Å². The van der Waals surface area contributed by atoms with E-state index in [1.165, 1.54) is 10.6 Å². The van der Waals surface area contributed by atoms with Gasteiger partial charge in [0.1, 0.15) is 0 Å². The number of anilines is 1. The second-order valence-corrected chi connectivity index (χ2v) is 3.30. The second kappa shape index (κ2) is 4.00. The first-order chi connectivity index (χ1) is 7.25. The van der Waals surface area contributed by atoms with Crippen molar-refractivity contribution in [2.45, 2.75) is 6.54 Å². The Hall–Kier alpha value is -2.04. The van der Waals surface area contributed by atoms with E-state index in [0.717, 1.165) is 11.4 Å². The minimum atomic E-state index is -0.0120. The van der Waals surface area contributed by atoms with E-state index < -0.39 is 0 Å². The van der Waals surface area contributed by atoms with Crippen LogP contribution in [-0.4, -0.2) is 14.5 Å². The molecule has 15 heavy (non-hydrogen) atoms. The molecule has 0 unspecified atom stereocenters. The molecule has 0 aromatic carbocycles. The van der Waals surface area contributed by atoms with Crippen LogP contribution < -0.4 is 10.9 Å². The third-order valence-electron chi connectivity index (χ3n) is 2.12. The van der Waals surface area contributed by atoms with Gasteiger partial charge in [-0.3, -0.25) is 4.79 Å². The van der Waals surface area contributed by atoms with Gasteiger partial charge in [-0.1, -0.05) is 0 Å². The summed E-state index contributed by atoms with van der Waals surface area (Å²) in [4.78, 5) is 18.0. The summed E-state index contributed by atoms with van der Waals surface area (Å²) < 4.78 is 1.54. The van der Waals surface area contributed by atoms with Crippen LogP contribution in [-0.2, 0) is 13.6 Å². The van der Waals surface area contributed by atoms with Crippen molar-refractivity contribution in [1.29, 1.82) is 0 Å². The van der Waals surface area contributed by atoms with E-state index >= 15 is 0 Å². The Balaban J connectivity index is 2.05. The summed E-state index contributed by atoms with van der Waals surface area (Å²) in [6.07, 6.45) is 5.16. The molecule has 2 rings (SSSR count). The molecular weight excluding hydrogens is 192 g/mol. The molecule has 5 heteroatoms. The predicted octanol–water partition coefficient (Wildman–Crippen LogP) is 0.720. The van der Waals surface area contributed by atoms with E-state index in [1.54, 1.807) is 31.8 Å². The first-order valence-corrected chi connectivity index (χ1v) is 4.63. The molecule has 0 atom stereocenters. The van der Waals surface area contributed by atoms with Crippen LogP contribution in [0.15, 0.2) is 35.6 Å². The van der Waals surface area contributed by atoms with Crippen molar-refractivity contribution in [2.75, 3.05) is 5.32 Å². The zero-order valence-electron chi connectivity index (χ0n) is 8.40. The molecule has 0 aliphatic rings. The summed E-state index contributed by atoms with van der Waals surface area (Å²) in [7, 11) is 1.73. The number of hydrogen-bond donors (Lipinski definition) is 2. The van der Waals surface area contributed by atoms with Crippen LogP contribution in [0.5, 0.6) is 0 Å². The standard InChI is InChI=1S/C10H12N4O/c1-14-6-8(2-3-10(14)15)12-5-9-4-11-7-13-9/h2-4,6-7,12H,5H2,1H3,(H,11,13). The van der Waals surface area contributed by atoms with Gasteiger partial charge in [0.05, 0.1) is 24.3 Å². The van der Waals surface area contributed by atoms with E-state index in [2.05, 4.69) is 15.3 Å². The summed E-state index contributed by atoms with van der Waals surface area (Å²) in [6, 6.07) is 3.30. The lowest BCUT2D eigenvalue weighted by atomic mass is 10.4. The van der Waals surface area contributed by atoms with Gasteiger partial charge in [0.15, 0.2) is 0 Å². The second-order valence-electron chi connectivity index (χ2n) is 3.30. The number of nitrogens with zero attached hydrogens (tertiary/aromatic N) is 2. The Kier molecular flexibility index (Phi) is 2.53. The Morgan fingerprint density at radius 2 is 2.40 bits per heavy atom. The van der Waals surface area contributed by atoms with Crippen LogP contribution >= 0.6 is 0 Å². The van der Waals surface area contributed by atoms with Gasteiger partial charge in [0.25, 0.3) is 0 Å². The Labute approximate surface area is 86.8 Å². The number of aryl methyl sites for hydroxylation is 1. The zero-order valence-corrected chi connectivity index (χ0v) is 8.40. The summed E-state index contributed by atoms with van der Waals surface area (Å²) in [5, 5.41) is 3.18. The molecule has 2 aromatic rings. The first kappa shape index (κ1) is 9.51. The fourth-order valence-electron chi connectivity index (χ4n) is 1.28. The molecule has 0 spiro atoms. The number of hydrogen-bond acceptors (Lipinski definition) is 3. The number of aromatic nitrogens is 3. The van der Waals surface area contributed by atoms with E-state index in [4.69, 9.17) is 0 Å². The average molecular weight is 204 g/mol. The van der Waals surface area contributed by atoms with Gasteiger partial charge < -0.3 is 14.9 Å². The third kappa shape index (κ3) is 2.25. The van der Waals surface area contributed by atoms with E-state index in [1.807, 2.05) is 0 Å². The molecule has 0 fully saturated rings. The molecule has 0 saturated heterocycles. The summed E-state index contributed by atoms with van der Waals surface area (Å²) in [5.74, 6) is 0. The molecule has 2 N–H and O–H groups in total. The van der Waals surface area contributed by atoms with Crippen molar-refractivity contribution in [2.24, 2.45) is 7.05 Å². The number of pyridine rings is 1. The first-order valence-electron chi connectivity index (χ1n) is 4.63. The van der Waals surface area contributed by atoms with Crippen molar-refractivity contribution >= 4 is 5.69 Å². The molecule has 78 valence electrons. The minimum absolute atomic E-state index is 0.0120. The maximum absolute atomic E-state index is 11.1. The Morgan fingerprint density at radius 3 is 3.07 bits per heavy atom. The topological polar surface area (TPSA) is 62.7 Å². The van der Waals surface area contributed by atoms with Crippen molar-refractivity contribution in [3.05, 3.63) is 46.9 Å². The zero-order chi connectivity index (χ0) is 10.7. The summed E-state index contributed by atoms with van der Waals surface area (Å²) >= 11 is 0. The van der Waals surface area contributed by atoms with Crippen molar-refractivity contribution in [3.8, 4) is 0 Å². The highest BCUT2D eigenvalue weighted by molar-refractivity contribution is 5.40. The van der Waals surface area contributed by atoms with Crippen LogP contribution in [0, 0.1) is 0 Å². The Bertz CT molecular complexity index is 486. The summed E-state index contributed by atoms with van der Waals surface area (Å²) in [6.45, 7) is 0.665. The summed E-state index contributed by atoms with van der Waals surface area (Å²) in [5.41, 5.74) is 1.90. The molecule has 0 amide bonds. The predicted molar refractivity (Wildman–Crippen MR) is 57.6 cm³/mol. The van der Waals surface area contributed by atoms with Crippen molar-refractivity contribution < 1.29 is 0 Å². The van der Waals surface area contributed by atoms with Crippen LogP contribution in [0.1, 0.15) is 5.69 Å². The van der Waals surface area contributed by atoms with Gasteiger partial charge in [0, 0.05) is 25.5 Å². The van der Waals surface area contributed by atoms with Crippen LogP contribution in [0.2, 0.25) is 0 Å². The van der Waals surface area contributed by atoms with Gasteiger partial charge in [0.2, 0.25) is 5.56 Å². The maximum atomic E-state index is 11.1. The highest BCUT2D eigenvalue weighted by atomic mass is 16.1. The number of rotatable bonds is 3. The van der Waals surface area contributed by atoms with Gasteiger partial charge in [-0.2, -0.15) is 0 Å². The molecule has 0 aliphatic heterocycles. The normalized spacial score (nSPS) is 10.2. The molecule has 5 nitrogen and oxygen atoms in total. The molecule has 0 aliphatic carbocycles. The SMILES string of the molecule is Cn1cc(NCc2cnc[nH]2)ccc1=O. The highest BCUT2D eigenvalue weighted by Gasteiger charge is 1.96. The molecule has 2 heterocycles. The fourth-order valence-corrected chi connectivity index (χ4v) is 1.28. The number of aromatic amines is 1. The molecule has 0 saturated carbocycles. The smallest absolute Gasteiger partial charge is 0.250 e. The lowest BCUT2D eigenvalue weighted by molar-refractivity contribution is 0.859. The molecule has 0 bridgehead atoms. The highest BCUT2D eigenvalue weighted by Crippen LogP contribution is 2.04. The van der Waals surface area contributed by atoms with E-state index in [0.29, 0.717) is 6.54 Å². The number of H-pyrrole nitrogens is 1. The fraction of sp³-hybridized carbons (Fsp3) is 0.200. The lowest BCUT2D eigenvalue weighted by Gasteiger charge is -2.05. The third-order valence-corrected chi connectivity index (χ3v) is 2.12. The van der Waals surface area contributed by atoms with Gasteiger partial charge >= 0.3 is 0 Å². The average Bonchev–Trinajstić information content (AvgIpc) is 2.73. The molecule has 0 radical (unpaired) electrons. The van der Waals surface area contributed by atoms with E-state index in [9.17, 15) is 4.79 Å². The number of imidazole rings is 1.